The van der Waals surface area contributed by atoms with Crippen molar-refractivity contribution in [2.45, 2.75) is 12.5 Å². The van der Waals surface area contributed by atoms with Crippen LogP contribution < -0.4 is 0 Å². The lowest BCUT2D eigenvalue weighted by atomic mass is 10.1. The van der Waals surface area contributed by atoms with E-state index in [-0.39, 0.29) is 12.6 Å². The minimum atomic E-state index is -0.164. The fourth-order valence-electron chi connectivity index (χ4n) is 2.55. The minimum absolute atomic E-state index is 0.164. The van der Waals surface area contributed by atoms with Gasteiger partial charge in [-0.15, -0.1) is 0 Å². The fourth-order valence-corrected chi connectivity index (χ4v) is 2.82. The van der Waals surface area contributed by atoms with Gasteiger partial charge in [-0.25, -0.2) is 0 Å². The molecular formula is C15H20BrN3O. The summed E-state index contributed by atoms with van der Waals surface area (Å²) in [6, 6.07) is 10.2. The lowest BCUT2D eigenvalue weighted by Crippen LogP contribution is -2.47. The van der Waals surface area contributed by atoms with E-state index in [1.54, 1.807) is 0 Å². The molecule has 1 aromatic rings. The zero-order valence-corrected chi connectivity index (χ0v) is 13.1. The molecule has 5 heteroatoms. The van der Waals surface area contributed by atoms with Crippen LogP contribution in [0.5, 0.6) is 0 Å². The topological polar surface area (TPSA) is 50.5 Å². The van der Waals surface area contributed by atoms with Crippen LogP contribution in [0.2, 0.25) is 0 Å². The van der Waals surface area contributed by atoms with Crippen LogP contribution >= 0.6 is 15.9 Å². The number of aliphatic hydroxyl groups excluding tert-OH is 1. The number of aliphatic hydroxyl groups is 1. The Bertz CT molecular complexity index is 449. The third-order valence-corrected chi connectivity index (χ3v) is 4.24. The second-order valence-corrected chi connectivity index (χ2v) is 5.95. The molecule has 1 aromatic carbocycles. The van der Waals surface area contributed by atoms with Crippen LogP contribution in [0.4, 0.5) is 0 Å². The number of benzene rings is 1. The van der Waals surface area contributed by atoms with E-state index in [0.717, 1.165) is 49.2 Å². The molecule has 2 rings (SSSR count). The van der Waals surface area contributed by atoms with Gasteiger partial charge in [-0.2, -0.15) is 5.26 Å². The summed E-state index contributed by atoms with van der Waals surface area (Å²) < 4.78 is 1.03. The van der Waals surface area contributed by atoms with Crippen LogP contribution in [-0.2, 0) is 0 Å². The average molecular weight is 338 g/mol. The van der Waals surface area contributed by atoms with Gasteiger partial charge < -0.3 is 10.0 Å². The van der Waals surface area contributed by atoms with E-state index in [0.29, 0.717) is 0 Å². The van der Waals surface area contributed by atoms with Gasteiger partial charge >= 0.3 is 0 Å². The Morgan fingerprint density at radius 1 is 1.20 bits per heavy atom. The summed E-state index contributed by atoms with van der Waals surface area (Å²) in [6.45, 7) is 4.93. The Morgan fingerprint density at radius 3 is 2.40 bits per heavy atom. The maximum atomic E-state index is 9.46. The number of hydrogen-bond donors (Lipinski definition) is 1. The summed E-state index contributed by atoms with van der Waals surface area (Å²) in [6.07, 6.45) is 0.828. The number of hydrogen-bond acceptors (Lipinski definition) is 4. The van der Waals surface area contributed by atoms with E-state index in [4.69, 9.17) is 5.11 Å². The number of nitrogens with zero attached hydrogens (tertiary/aromatic N) is 3. The SMILES string of the molecule is N#CC(c1ccc(Br)cc1)N1CCN(CCCO)CC1. The van der Waals surface area contributed by atoms with Gasteiger partial charge in [0, 0.05) is 43.8 Å². The average Bonchev–Trinajstić information content (AvgIpc) is 2.49. The standard InChI is InChI=1S/C15H20BrN3O/c16-14-4-2-13(3-5-14)15(12-17)19-9-7-18(8-10-19)6-1-11-20/h2-5,15,20H,1,6-11H2. The lowest BCUT2D eigenvalue weighted by Gasteiger charge is -2.37. The quantitative estimate of drug-likeness (QED) is 0.892. The van der Waals surface area contributed by atoms with Crippen LogP contribution in [0.25, 0.3) is 0 Å². The van der Waals surface area contributed by atoms with Gasteiger partial charge in [0.1, 0.15) is 6.04 Å². The molecule has 1 N–H and O–H groups in total. The molecule has 0 aliphatic carbocycles. The molecule has 4 nitrogen and oxygen atoms in total. The Kier molecular flexibility index (Phi) is 5.99. The number of nitriles is 1. The summed E-state index contributed by atoms with van der Waals surface area (Å²) in [5, 5.41) is 18.3. The smallest absolute Gasteiger partial charge is 0.123 e. The van der Waals surface area contributed by atoms with Crippen molar-refractivity contribution in [3.05, 3.63) is 34.3 Å². The second kappa shape index (κ2) is 7.75. The predicted octanol–water partition coefficient (Wildman–Crippen LogP) is 2.01. The van der Waals surface area contributed by atoms with Gasteiger partial charge in [0.25, 0.3) is 0 Å². The number of halogens is 1. The fraction of sp³-hybridized carbons (Fsp3) is 0.533. The highest BCUT2D eigenvalue weighted by Crippen LogP contribution is 2.23. The first-order valence-electron chi connectivity index (χ1n) is 6.97. The summed E-state index contributed by atoms with van der Waals surface area (Å²) in [7, 11) is 0. The van der Waals surface area contributed by atoms with E-state index >= 15 is 0 Å². The summed E-state index contributed by atoms with van der Waals surface area (Å²) in [4.78, 5) is 4.58. The van der Waals surface area contributed by atoms with Gasteiger partial charge in [-0.3, -0.25) is 4.90 Å². The molecule has 0 radical (unpaired) electrons. The first-order chi connectivity index (χ1) is 9.74. The van der Waals surface area contributed by atoms with Crippen molar-refractivity contribution >= 4 is 15.9 Å². The highest BCUT2D eigenvalue weighted by Gasteiger charge is 2.24. The van der Waals surface area contributed by atoms with Gasteiger partial charge in [-0.1, -0.05) is 28.1 Å². The van der Waals surface area contributed by atoms with Crippen molar-refractivity contribution in [1.29, 1.82) is 5.26 Å². The lowest BCUT2D eigenvalue weighted by molar-refractivity contribution is 0.108. The third-order valence-electron chi connectivity index (χ3n) is 3.71. The van der Waals surface area contributed by atoms with E-state index < -0.39 is 0 Å². The summed E-state index contributed by atoms with van der Waals surface area (Å²) >= 11 is 3.42. The Morgan fingerprint density at radius 2 is 1.85 bits per heavy atom. The molecule has 1 atom stereocenters. The molecule has 20 heavy (non-hydrogen) atoms. The van der Waals surface area contributed by atoms with Crippen LogP contribution in [0, 0.1) is 11.3 Å². The highest BCUT2D eigenvalue weighted by atomic mass is 79.9. The van der Waals surface area contributed by atoms with Crippen LogP contribution in [0.1, 0.15) is 18.0 Å². The van der Waals surface area contributed by atoms with Gasteiger partial charge in [0.05, 0.1) is 6.07 Å². The molecule has 1 aliphatic rings. The molecule has 108 valence electrons. The summed E-state index contributed by atoms with van der Waals surface area (Å²) in [5.74, 6) is 0. The highest BCUT2D eigenvalue weighted by molar-refractivity contribution is 9.10. The zero-order valence-electron chi connectivity index (χ0n) is 11.5. The Labute approximate surface area is 128 Å². The molecule has 1 heterocycles. The van der Waals surface area contributed by atoms with E-state index in [9.17, 15) is 5.26 Å². The largest absolute Gasteiger partial charge is 0.396 e. The molecule has 1 aliphatic heterocycles. The molecule has 0 bridgehead atoms. The van der Waals surface area contributed by atoms with E-state index in [1.807, 2.05) is 24.3 Å². The Balaban J connectivity index is 1.94. The second-order valence-electron chi connectivity index (χ2n) is 5.04. The predicted molar refractivity (Wildman–Crippen MR) is 82.2 cm³/mol. The molecule has 0 saturated carbocycles. The maximum absolute atomic E-state index is 9.46. The number of piperazine rings is 1. The molecular weight excluding hydrogens is 318 g/mol. The maximum Gasteiger partial charge on any atom is 0.123 e. The van der Waals surface area contributed by atoms with Crippen molar-refractivity contribution in [1.82, 2.24) is 9.80 Å². The van der Waals surface area contributed by atoms with Gasteiger partial charge in [0.15, 0.2) is 0 Å². The monoisotopic (exact) mass is 337 g/mol. The van der Waals surface area contributed by atoms with Crippen LogP contribution in [-0.4, -0.2) is 54.2 Å². The van der Waals surface area contributed by atoms with Crippen molar-refractivity contribution in [2.24, 2.45) is 0 Å². The van der Waals surface area contributed by atoms with E-state index in [2.05, 4.69) is 31.8 Å². The normalized spacial score (nSPS) is 18.6. The molecule has 1 saturated heterocycles. The summed E-state index contributed by atoms with van der Waals surface area (Å²) in [5.41, 5.74) is 1.06. The van der Waals surface area contributed by atoms with Crippen LogP contribution in [0.15, 0.2) is 28.7 Å². The molecule has 1 fully saturated rings. The molecule has 1 unspecified atom stereocenters. The zero-order chi connectivity index (χ0) is 14.4. The van der Waals surface area contributed by atoms with E-state index in [1.165, 1.54) is 0 Å². The van der Waals surface area contributed by atoms with Crippen molar-refractivity contribution in [3.8, 4) is 6.07 Å². The molecule has 0 aromatic heterocycles. The van der Waals surface area contributed by atoms with Crippen molar-refractivity contribution in [2.75, 3.05) is 39.3 Å². The van der Waals surface area contributed by atoms with Crippen molar-refractivity contribution in [3.63, 3.8) is 0 Å². The van der Waals surface area contributed by atoms with Crippen molar-refractivity contribution < 1.29 is 5.11 Å². The Hall–Kier alpha value is -0.930. The first kappa shape index (κ1) is 15.5. The van der Waals surface area contributed by atoms with Gasteiger partial charge in [0.2, 0.25) is 0 Å². The molecule has 0 spiro atoms. The minimum Gasteiger partial charge on any atom is -0.396 e. The molecule has 0 amide bonds. The van der Waals surface area contributed by atoms with Crippen LogP contribution in [0.3, 0.4) is 0 Å². The first-order valence-corrected chi connectivity index (χ1v) is 7.76. The third kappa shape index (κ3) is 4.03. The van der Waals surface area contributed by atoms with Gasteiger partial charge in [-0.05, 0) is 24.1 Å². The number of rotatable bonds is 5.